The molecule has 22 heavy (non-hydrogen) atoms. The second kappa shape index (κ2) is 8.19. The summed E-state index contributed by atoms with van der Waals surface area (Å²) in [5.41, 5.74) is 1.17. The Kier molecular flexibility index (Phi) is 6.27. The molecule has 1 N–H and O–H groups in total. The normalized spacial score (nSPS) is 10.3. The van der Waals surface area contributed by atoms with E-state index in [2.05, 4.69) is 21.2 Å². The highest BCUT2D eigenvalue weighted by molar-refractivity contribution is 9.11. The van der Waals surface area contributed by atoms with Gasteiger partial charge in [-0.1, -0.05) is 12.1 Å². The van der Waals surface area contributed by atoms with Gasteiger partial charge in [0.1, 0.15) is 5.75 Å². The van der Waals surface area contributed by atoms with Gasteiger partial charge >= 0.3 is 6.03 Å². The fraction of sp³-hybridized carbons (Fsp3) is 0.312. The minimum Gasteiger partial charge on any atom is -0.497 e. The average Bonchev–Trinajstić information content (AvgIpc) is 2.93. The minimum absolute atomic E-state index is 0.0574. The molecule has 0 saturated heterocycles. The van der Waals surface area contributed by atoms with E-state index < -0.39 is 0 Å². The summed E-state index contributed by atoms with van der Waals surface area (Å²) < 4.78 is 6.20. The van der Waals surface area contributed by atoms with Crippen LogP contribution in [0.25, 0.3) is 0 Å². The molecule has 2 amide bonds. The number of amides is 2. The Labute approximate surface area is 143 Å². The molecular weight excluding hydrogens is 364 g/mol. The zero-order valence-electron chi connectivity index (χ0n) is 12.6. The molecule has 0 bridgehead atoms. The molecular formula is C16H19BrN2O2S. The van der Waals surface area contributed by atoms with E-state index >= 15 is 0 Å². The Morgan fingerprint density at radius 1 is 1.27 bits per heavy atom. The van der Waals surface area contributed by atoms with Crippen molar-refractivity contribution in [3.05, 3.63) is 50.6 Å². The first-order valence-corrected chi connectivity index (χ1v) is 8.55. The van der Waals surface area contributed by atoms with E-state index in [9.17, 15) is 4.79 Å². The maximum Gasteiger partial charge on any atom is 0.317 e. The van der Waals surface area contributed by atoms with Gasteiger partial charge in [-0.3, -0.25) is 0 Å². The summed E-state index contributed by atoms with van der Waals surface area (Å²) in [6.45, 7) is 1.23. The lowest BCUT2D eigenvalue weighted by Gasteiger charge is -2.17. The maximum absolute atomic E-state index is 12.0. The van der Waals surface area contributed by atoms with Crippen molar-refractivity contribution >= 4 is 33.3 Å². The Morgan fingerprint density at radius 2 is 2.00 bits per heavy atom. The van der Waals surface area contributed by atoms with Crippen LogP contribution >= 0.6 is 27.3 Å². The van der Waals surface area contributed by atoms with Gasteiger partial charge in [-0.25, -0.2) is 4.79 Å². The molecule has 1 aromatic heterocycles. The fourth-order valence-corrected chi connectivity index (χ4v) is 3.52. The fourth-order valence-electron chi connectivity index (χ4n) is 1.98. The number of hydrogen-bond acceptors (Lipinski definition) is 3. The quantitative estimate of drug-likeness (QED) is 0.822. The SMILES string of the molecule is COc1ccc(CCNC(=O)N(C)Cc2ccc(Br)s2)cc1. The second-order valence-electron chi connectivity index (χ2n) is 4.89. The summed E-state index contributed by atoms with van der Waals surface area (Å²) in [6, 6.07) is 11.8. The number of carbonyl (C=O) groups excluding carboxylic acids is 1. The van der Waals surface area contributed by atoms with E-state index in [0.717, 1.165) is 20.8 Å². The summed E-state index contributed by atoms with van der Waals surface area (Å²) in [4.78, 5) is 14.9. The summed E-state index contributed by atoms with van der Waals surface area (Å²) in [5.74, 6) is 0.842. The van der Waals surface area contributed by atoms with Gasteiger partial charge in [0.05, 0.1) is 17.4 Å². The monoisotopic (exact) mass is 382 g/mol. The average molecular weight is 383 g/mol. The predicted molar refractivity (Wildman–Crippen MR) is 93.6 cm³/mol. The summed E-state index contributed by atoms with van der Waals surface area (Å²) in [7, 11) is 3.45. The van der Waals surface area contributed by atoms with Crippen LogP contribution in [0.3, 0.4) is 0 Å². The van der Waals surface area contributed by atoms with Gasteiger partial charge in [-0.05, 0) is 52.2 Å². The van der Waals surface area contributed by atoms with Gasteiger partial charge in [0, 0.05) is 18.5 Å². The molecule has 2 rings (SSSR count). The first kappa shape index (κ1) is 16.8. The van der Waals surface area contributed by atoms with Crippen molar-refractivity contribution in [2.75, 3.05) is 20.7 Å². The van der Waals surface area contributed by atoms with Crippen LogP contribution in [0.4, 0.5) is 4.79 Å². The number of benzene rings is 1. The van der Waals surface area contributed by atoms with Crippen molar-refractivity contribution in [1.29, 1.82) is 0 Å². The van der Waals surface area contributed by atoms with Gasteiger partial charge in [0.2, 0.25) is 0 Å². The molecule has 0 spiro atoms. The van der Waals surface area contributed by atoms with Crippen LogP contribution in [-0.4, -0.2) is 31.6 Å². The van der Waals surface area contributed by atoms with Crippen LogP contribution < -0.4 is 10.1 Å². The van der Waals surface area contributed by atoms with E-state index in [1.54, 1.807) is 30.4 Å². The first-order valence-electron chi connectivity index (χ1n) is 6.94. The van der Waals surface area contributed by atoms with Gasteiger partial charge in [-0.2, -0.15) is 0 Å². The number of nitrogens with zero attached hydrogens (tertiary/aromatic N) is 1. The molecule has 1 heterocycles. The molecule has 0 fully saturated rings. The molecule has 4 nitrogen and oxygen atoms in total. The topological polar surface area (TPSA) is 41.6 Å². The third-order valence-electron chi connectivity index (χ3n) is 3.22. The Hall–Kier alpha value is -1.53. The highest BCUT2D eigenvalue weighted by Crippen LogP contribution is 2.22. The van der Waals surface area contributed by atoms with E-state index in [1.807, 2.05) is 36.4 Å². The molecule has 6 heteroatoms. The zero-order chi connectivity index (χ0) is 15.9. The molecule has 1 aromatic carbocycles. The molecule has 0 aliphatic carbocycles. The summed E-state index contributed by atoms with van der Waals surface area (Å²) in [5, 5.41) is 2.94. The van der Waals surface area contributed by atoms with E-state index in [0.29, 0.717) is 13.1 Å². The van der Waals surface area contributed by atoms with Crippen LogP contribution in [0.1, 0.15) is 10.4 Å². The molecule has 0 saturated carbocycles. The van der Waals surface area contributed by atoms with Gasteiger partial charge in [0.25, 0.3) is 0 Å². The highest BCUT2D eigenvalue weighted by Gasteiger charge is 2.09. The van der Waals surface area contributed by atoms with Crippen LogP contribution in [0.15, 0.2) is 40.2 Å². The van der Waals surface area contributed by atoms with Crippen molar-refractivity contribution in [3.8, 4) is 5.75 Å². The number of hydrogen-bond donors (Lipinski definition) is 1. The zero-order valence-corrected chi connectivity index (χ0v) is 15.0. The molecule has 0 unspecified atom stereocenters. The van der Waals surface area contributed by atoms with Gasteiger partial charge < -0.3 is 15.0 Å². The van der Waals surface area contributed by atoms with Crippen LogP contribution in [0, 0.1) is 0 Å². The van der Waals surface area contributed by atoms with Crippen molar-refractivity contribution < 1.29 is 9.53 Å². The van der Waals surface area contributed by atoms with Crippen molar-refractivity contribution in [2.24, 2.45) is 0 Å². The number of nitrogens with one attached hydrogen (secondary N) is 1. The number of halogens is 1. The van der Waals surface area contributed by atoms with Crippen molar-refractivity contribution in [2.45, 2.75) is 13.0 Å². The lowest BCUT2D eigenvalue weighted by molar-refractivity contribution is 0.207. The van der Waals surface area contributed by atoms with Gasteiger partial charge in [-0.15, -0.1) is 11.3 Å². The van der Waals surface area contributed by atoms with E-state index in [-0.39, 0.29) is 6.03 Å². The third-order valence-corrected chi connectivity index (χ3v) is 4.83. The number of ether oxygens (including phenoxy) is 1. The largest absolute Gasteiger partial charge is 0.497 e. The Morgan fingerprint density at radius 3 is 2.59 bits per heavy atom. The number of thiophene rings is 1. The van der Waals surface area contributed by atoms with Gasteiger partial charge in [0.15, 0.2) is 0 Å². The number of rotatable bonds is 6. The number of carbonyl (C=O) groups is 1. The lowest BCUT2D eigenvalue weighted by atomic mass is 10.1. The van der Waals surface area contributed by atoms with Crippen LogP contribution in [0.5, 0.6) is 5.75 Å². The van der Waals surface area contributed by atoms with E-state index in [4.69, 9.17) is 4.74 Å². The lowest BCUT2D eigenvalue weighted by Crippen LogP contribution is -2.37. The van der Waals surface area contributed by atoms with Crippen molar-refractivity contribution in [1.82, 2.24) is 10.2 Å². The first-order chi connectivity index (χ1) is 10.6. The van der Waals surface area contributed by atoms with Crippen LogP contribution in [-0.2, 0) is 13.0 Å². The molecule has 118 valence electrons. The molecule has 0 radical (unpaired) electrons. The van der Waals surface area contributed by atoms with Crippen molar-refractivity contribution in [3.63, 3.8) is 0 Å². The Bertz CT molecular complexity index is 613. The number of methoxy groups -OCH3 is 1. The maximum atomic E-state index is 12.0. The standard InChI is InChI=1S/C16H19BrN2O2S/c1-19(11-14-7-8-15(17)22-14)16(20)18-10-9-12-3-5-13(21-2)6-4-12/h3-8H,9-11H2,1-2H3,(H,18,20). The van der Waals surface area contributed by atoms with E-state index in [1.165, 1.54) is 5.56 Å². The Balaban J connectivity index is 1.74. The molecule has 0 atom stereocenters. The smallest absolute Gasteiger partial charge is 0.317 e. The highest BCUT2D eigenvalue weighted by atomic mass is 79.9. The van der Waals surface area contributed by atoms with Crippen LogP contribution in [0.2, 0.25) is 0 Å². The molecule has 0 aliphatic heterocycles. The molecule has 0 aliphatic rings. The predicted octanol–water partition coefficient (Wildman–Crippen LogP) is 3.90. The molecule has 2 aromatic rings. The number of urea groups is 1. The summed E-state index contributed by atoms with van der Waals surface area (Å²) >= 11 is 5.07. The summed E-state index contributed by atoms with van der Waals surface area (Å²) in [6.07, 6.45) is 0.800. The third kappa shape index (κ3) is 5.03. The second-order valence-corrected chi connectivity index (χ2v) is 7.44. The minimum atomic E-state index is -0.0574.